The van der Waals surface area contributed by atoms with Crippen molar-refractivity contribution < 1.29 is 29.0 Å². The zero-order valence-electron chi connectivity index (χ0n) is 30.0. The number of carbonyl (C=O) groups excluding carboxylic acids is 2. The van der Waals surface area contributed by atoms with E-state index in [1.54, 1.807) is 12.0 Å². The minimum Gasteiger partial charge on any atom is -0.481 e. The number of carboxylic acids is 1. The molecule has 2 aromatic heterocycles. The van der Waals surface area contributed by atoms with Gasteiger partial charge in [0, 0.05) is 87.7 Å². The molecule has 50 heavy (non-hydrogen) atoms. The number of carbonyl (C=O) groups is 3. The summed E-state index contributed by atoms with van der Waals surface area (Å²) in [4.78, 5) is 43.2. The number of aromatic nitrogens is 2. The van der Waals surface area contributed by atoms with E-state index >= 15 is 0 Å². The van der Waals surface area contributed by atoms with Crippen molar-refractivity contribution in [2.45, 2.75) is 103 Å². The molecule has 0 bridgehead atoms. The fraction of sp³-hybridized carbons (Fsp3) is 0.525. The number of fused-ring (bicyclic) bond motifs is 2. The number of aliphatic carboxylic acids is 1. The van der Waals surface area contributed by atoms with E-state index < -0.39 is 17.5 Å². The van der Waals surface area contributed by atoms with Crippen LogP contribution >= 0.6 is 0 Å². The first-order chi connectivity index (χ1) is 24.0. The lowest BCUT2D eigenvalue weighted by Crippen LogP contribution is -2.51. The Morgan fingerprint density at radius 3 is 2.46 bits per heavy atom. The Hall–Kier alpha value is -4.31. The summed E-state index contributed by atoms with van der Waals surface area (Å²) in [5.74, 6) is -1.18. The van der Waals surface area contributed by atoms with Crippen molar-refractivity contribution in [2.24, 2.45) is 5.92 Å². The quantitative estimate of drug-likeness (QED) is 0.139. The van der Waals surface area contributed by atoms with Gasteiger partial charge in [0.25, 0.3) is 0 Å². The summed E-state index contributed by atoms with van der Waals surface area (Å²) in [5, 5.41) is 11.3. The van der Waals surface area contributed by atoms with Crippen LogP contribution in [0.25, 0.3) is 21.8 Å². The molecule has 4 aromatic rings. The number of rotatable bonds is 14. The van der Waals surface area contributed by atoms with Gasteiger partial charge in [0.15, 0.2) is 0 Å². The number of piperidine rings is 1. The molecule has 0 unspecified atom stereocenters. The lowest BCUT2D eigenvalue weighted by molar-refractivity contribution is -0.139. The Morgan fingerprint density at radius 2 is 1.72 bits per heavy atom. The second-order valence-corrected chi connectivity index (χ2v) is 15.0. The number of benzene rings is 2. The fourth-order valence-electron chi connectivity index (χ4n) is 7.46. The minimum atomic E-state index is -0.772. The Morgan fingerprint density at radius 1 is 0.940 bits per heavy atom. The van der Waals surface area contributed by atoms with Crippen LogP contribution in [0.5, 0.6) is 0 Å². The number of methoxy groups -OCH3 is 1. The molecule has 0 spiro atoms. The lowest BCUT2D eigenvalue weighted by atomic mass is 9.79. The molecule has 268 valence electrons. The molecule has 1 aliphatic heterocycles. The number of hydrogen-bond donors (Lipinski definition) is 1. The summed E-state index contributed by atoms with van der Waals surface area (Å²) >= 11 is 0. The maximum Gasteiger partial charge on any atom is 0.410 e. The highest BCUT2D eigenvalue weighted by atomic mass is 16.6. The zero-order valence-corrected chi connectivity index (χ0v) is 30.0. The van der Waals surface area contributed by atoms with Gasteiger partial charge in [-0.05, 0) is 99.9 Å². The van der Waals surface area contributed by atoms with Crippen molar-refractivity contribution >= 4 is 39.8 Å². The number of ether oxygens (including phenoxy) is 2. The van der Waals surface area contributed by atoms with E-state index in [4.69, 9.17) is 14.6 Å². The number of hydrogen-bond acceptors (Lipinski definition) is 5. The number of aryl methyl sites for hydroxylation is 2. The number of nitrogens with zero attached hydrogens (tertiary/aromatic N) is 4. The van der Waals surface area contributed by atoms with Gasteiger partial charge >= 0.3 is 12.1 Å². The predicted octanol–water partition coefficient (Wildman–Crippen LogP) is 7.42. The van der Waals surface area contributed by atoms with Crippen molar-refractivity contribution in [3.8, 4) is 0 Å². The van der Waals surface area contributed by atoms with E-state index in [2.05, 4.69) is 75.0 Å². The molecule has 10 heteroatoms. The van der Waals surface area contributed by atoms with Crippen molar-refractivity contribution in [1.82, 2.24) is 18.9 Å². The molecule has 1 saturated heterocycles. The van der Waals surface area contributed by atoms with Gasteiger partial charge in [-0.1, -0.05) is 30.3 Å². The molecular weight excluding hydrogens is 632 g/mol. The first kappa shape index (κ1) is 35.5. The van der Waals surface area contributed by atoms with Crippen LogP contribution in [0.3, 0.4) is 0 Å². The van der Waals surface area contributed by atoms with Gasteiger partial charge in [0.1, 0.15) is 5.60 Å². The average molecular weight is 685 g/mol. The molecule has 1 N–H and O–H groups in total. The van der Waals surface area contributed by atoms with Gasteiger partial charge in [-0.3, -0.25) is 9.59 Å². The smallest absolute Gasteiger partial charge is 0.410 e. The van der Waals surface area contributed by atoms with Crippen molar-refractivity contribution in [3.63, 3.8) is 0 Å². The molecular formula is C40H52N4O6. The third kappa shape index (κ3) is 8.34. The Balaban J connectivity index is 1.30. The maximum absolute atomic E-state index is 15.0. The fourth-order valence-corrected chi connectivity index (χ4v) is 7.46. The summed E-state index contributed by atoms with van der Waals surface area (Å²) < 4.78 is 15.6. The molecule has 1 saturated carbocycles. The molecule has 10 nitrogen and oxygen atoms in total. The van der Waals surface area contributed by atoms with E-state index in [1.807, 2.05) is 20.8 Å². The van der Waals surface area contributed by atoms with Gasteiger partial charge in [0.05, 0.1) is 5.92 Å². The lowest BCUT2D eigenvalue weighted by Gasteiger charge is -2.40. The van der Waals surface area contributed by atoms with Gasteiger partial charge in [0.2, 0.25) is 5.91 Å². The summed E-state index contributed by atoms with van der Waals surface area (Å²) in [6, 6.07) is 17.1. The van der Waals surface area contributed by atoms with Crippen molar-refractivity contribution in [3.05, 3.63) is 72.1 Å². The highest BCUT2D eigenvalue weighted by Crippen LogP contribution is 2.40. The van der Waals surface area contributed by atoms with Gasteiger partial charge in [-0.25, -0.2) is 4.79 Å². The topological polar surface area (TPSA) is 106 Å². The highest BCUT2D eigenvalue weighted by molar-refractivity contribution is 5.86. The average Bonchev–Trinajstić information content (AvgIpc) is 3.76. The van der Waals surface area contributed by atoms with Crippen LogP contribution in [0.15, 0.2) is 60.9 Å². The van der Waals surface area contributed by atoms with Crippen LogP contribution in [0.1, 0.15) is 82.8 Å². The Bertz CT molecular complexity index is 1820. The molecule has 2 aromatic carbocycles. The molecule has 2 amide bonds. The van der Waals surface area contributed by atoms with E-state index in [0.29, 0.717) is 39.1 Å². The standard InChI is InChI=1S/C40H52N4O6/c1-40(2,3)50-39(48)43-22-18-32(29-14-13-28-17-21-41(36(28)24-29)19-8-7-12-37(45)46)34(27-43)38(47)44(31-15-16-31)26-30-25-42(20-9-23-49-4)35-11-6-5-10-33(30)35/h5-6,10-11,13-14,17,21,24-25,31-32,34H,7-9,12,15-16,18-20,22-23,26-27H2,1-4H3,(H,45,46)/t32-,34+/m1/s1. The van der Waals surface area contributed by atoms with Gasteiger partial charge < -0.3 is 33.5 Å². The number of likely N-dealkylation sites (tertiary alicyclic amines) is 1. The van der Waals surface area contributed by atoms with E-state index in [1.165, 1.54) is 0 Å². The second-order valence-electron chi connectivity index (χ2n) is 15.0. The normalized spacial score (nSPS) is 18.1. The molecule has 2 fully saturated rings. The van der Waals surface area contributed by atoms with E-state index in [0.717, 1.165) is 71.7 Å². The molecule has 6 rings (SSSR count). The second kappa shape index (κ2) is 15.3. The monoisotopic (exact) mass is 684 g/mol. The van der Waals surface area contributed by atoms with Crippen molar-refractivity contribution in [2.75, 3.05) is 26.8 Å². The summed E-state index contributed by atoms with van der Waals surface area (Å²) in [7, 11) is 1.72. The van der Waals surface area contributed by atoms with Gasteiger partial charge in [-0.2, -0.15) is 0 Å². The molecule has 2 atom stereocenters. The number of amides is 2. The first-order valence-electron chi connectivity index (χ1n) is 18.2. The van der Waals surface area contributed by atoms with Gasteiger partial charge in [-0.15, -0.1) is 0 Å². The largest absolute Gasteiger partial charge is 0.481 e. The predicted molar refractivity (Wildman–Crippen MR) is 194 cm³/mol. The third-order valence-corrected chi connectivity index (χ3v) is 10.1. The summed E-state index contributed by atoms with van der Waals surface area (Å²) in [5.41, 5.74) is 3.84. The summed E-state index contributed by atoms with van der Waals surface area (Å²) in [6.45, 7) is 9.19. The van der Waals surface area contributed by atoms with Crippen LogP contribution in [-0.4, -0.2) is 80.5 Å². The minimum absolute atomic E-state index is 0.0717. The number of para-hydroxylation sites is 1. The molecule has 0 radical (unpaired) electrons. The van der Waals surface area contributed by atoms with Crippen LogP contribution in [-0.2, 0) is 38.7 Å². The molecule has 3 heterocycles. The third-order valence-electron chi connectivity index (χ3n) is 10.1. The van der Waals surface area contributed by atoms with Crippen LogP contribution in [0.2, 0.25) is 0 Å². The number of carboxylic acid groups (broad SMARTS) is 1. The van der Waals surface area contributed by atoms with Crippen LogP contribution in [0.4, 0.5) is 4.79 Å². The Labute approximate surface area is 294 Å². The van der Waals surface area contributed by atoms with Crippen molar-refractivity contribution in [1.29, 1.82) is 0 Å². The summed E-state index contributed by atoms with van der Waals surface area (Å²) in [6.07, 6.45) is 8.95. The number of unbranched alkanes of at least 4 members (excludes halogenated alkanes) is 1. The first-order valence-corrected chi connectivity index (χ1v) is 18.2. The maximum atomic E-state index is 15.0. The molecule has 2 aliphatic rings. The van der Waals surface area contributed by atoms with Crippen LogP contribution in [0, 0.1) is 5.92 Å². The molecule has 1 aliphatic carbocycles. The highest BCUT2D eigenvalue weighted by Gasteiger charge is 2.43. The van der Waals surface area contributed by atoms with E-state index in [9.17, 15) is 14.4 Å². The Kier molecular flexibility index (Phi) is 10.9. The van der Waals surface area contributed by atoms with Crippen LogP contribution < -0.4 is 0 Å². The van der Waals surface area contributed by atoms with E-state index in [-0.39, 0.29) is 30.4 Å². The zero-order chi connectivity index (χ0) is 35.4. The SMILES string of the molecule is COCCCn1cc(CN(C(=O)[C@H]2CN(C(=O)OC(C)(C)C)CC[C@@H]2c2ccc3ccn(CCCCC(=O)O)c3c2)C2CC2)c2ccccc21.